The number of aromatic amines is 2. The molecular weight excluding hydrogens is 536 g/mol. The van der Waals surface area contributed by atoms with Gasteiger partial charge in [0.1, 0.15) is 0 Å². The first-order chi connectivity index (χ1) is 20.8. The van der Waals surface area contributed by atoms with Crippen LogP contribution in [-0.4, -0.2) is 21.4 Å². The third-order valence-corrected chi connectivity index (χ3v) is 10.9. The van der Waals surface area contributed by atoms with Gasteiger partial charge in [-0.05, 0) is 152 Å². The monoisotopic (exact) mass is 578 g/mol. The number of benzene rings is 3. The Balaban J connectivity index is 1.38. The molecule has 7 rings (SSSR count). The number of aromatic nitrogens is 2. The van der Waals surface area contributed by atoms with Crippen molar-refractivity contribution in [2.24, 2.45) is 9.98 Å². The molecule has 0 fully saturated rings. The summed E-state index contributed by atoms with van der Waals surface area (Å²) < 4.78 is 0. The van der Waals surface area contributed by atoms with Gasteiger partial charge in [-0.2, -0.15) is 0 Å². The molecule has 4 heteroatoms. The summed E-state index contributed by atoms with van der Waals surface area (Å²) in [7, 11) is 0. The zero-order valence-corrected chi connectivity index (χ0v) is 28.2. The number of rotatable bonds is 2. The van der Waals surface area contributed by atoms with Gasteiger partial charge in [-0.15, -0.1) is 0 Å². The van der Waals surface area contributed by atoms with Crippen molar-refractivity contribution < 1.29 is 0 Å². The summed E-state index contributed by atoms with van der Waals surface area (Å²) in [5, 5.41) is 5.30. The molecule has 222 valence electrons. The van der Waals surface area contributed by atoms with Gasteiger partial charge in [0.25, 0.3) is 0 Å². The molecule has 0 radical (unpaired) electrons. The van der Waals surface area contributed by atoms with E-state index in [2.05, 4.69) is 117 Å². The molecule has 2 N–H and O–H groups in total. The summed E-state index contributed by atoms with van der Waals surface area (Å²) in [4.78, 5) is 17.6. The van der Waals surface area contributed by atoms with Gasteiger partial charge in [-0.3, -0.25) is 9.98 Å². The van der Waals surface area contributed by atoms with E-state index in [0.29, 0.717) is 0 Å². The lowest BCUT2D eigenvalue weighted by atomic mass is 9.91. The SMILES string of the molecule is CC1=N/C(=C\c2[nH]c(C)c3c(C)c(C)c(C)c(C)c23)c2cc3c(cc21)/C(=C/c1[nH]c(C)c2c(C)c(C)c(C)c(C)c12)N=C3C. The molecule has 2 aromatic heterocycles. The summed E-state index contributed by atoms with van der Waals surface area (Å²) >= 11 is 0. The van der Waals surface area contributed by atoms with Crippen LogP contribution < -0.4 is 0 Å². The van der Waals surface area contributed by atoms with Crippen LogP contribution in [0, 0.1) is 69.2 Å². The number of H-pyrrole nitrogens is 2. The first kappa shape index (κ1) is 28.3. The van der Waals surface area contributed by atoms with E-state index < -0.39 is 0 Å². The summed E-state index contributed by atoms with van der Waals surface area (Å²) in [5.41, 5.74) is 24.4. The van der Waals surface area contributed by atoms with Crippen molar-refractivity contribution in [1.29, 1.82) is 0 Å². The molecular formula is C40H42N4. The minimum absolute atomic E-state index is 1.01. The summed E-state index contributed by atoms with van der Waals surface area (Å²) in [5.74, 6) is 0. The largest absolute Gasteiger partial charge is 0.358 e. The summed E-state index contributed by atoms with van der Waals surface area (Å²) in [6, 6.07) is 4.62. The lowest BCUT2D eigenvalue weighted by Crippen LogP contribution is -1.99. The summed E-state index contributed by atoms with van der Waals surface area (Å²) in [6.45, 7) is 26.5. The van der Waals surface area contributed by atoms with Crippen LogP contribution in [0.3, 0.4) is 0 Å². The van der Waals surface area contributed by atoms with Gasteiger partial charge in [0, 0.05) is 78.0 Å². The van der Waals surface area contributed by atoms with Gasteiger partial charge in [0.15, 0.2) is 0 Å². The fraction of sp³-hybridized carbons (Fsp3) is 0.300. The smallest absolute Gasteiger partial charge is 0.0733 e. The molecule has 4 nitrogen and oxygen atoms in total. The molecule has 2 aliphatic rings. The van der Waals surface area contributed by atoms with E-state index in [1.807, 2.05) is 0 Å². The van der Waals surface area contributed by atoms with Gasteiger partial charge in [-0.25, -0.2) is 0 Å². The highest BCUT2D eigenvalue weighted by molar-refractivity contribution is 6.18. The molecule has 44 heavy (non-hydrogen) atoms. The molecule has 0 spiro atoms. The Labute approximate surface area is 260 Å². The number of fused-ring (bicyclic) bond motifs is 4. The molecule has 0 atom stereocenters. The number of hydrogen-bond donors (Lipinski definition) is 2. The summed E-state index contributed by atoms with van der Waals surface area (Å²) in [6.07, 6.45) is 4.50. The van der Waals surface area contributed by atoms with Crippen LogP contribution in [0.2, 0.25) is 0 Å². The molecule has 0 bridgehead atoms. The molecule has 0 saturated carbocycles. The number of aryl methyl sites for hydroxylation is 6. The molecule has 0 unspecified atom stereocenters. The number of nitrogens with zero attached hydrogens (tertiary/aromatic N) is 2. The van der Waals surface area contributed by atoms with Gasteiger partial charge in [-0.1, -0.05) is 0 Å². The quantitative estimate of drug-likeness (QED) is 0.209. The molecule has 0 amide bonds. The Kier molecular flexibility index (Phi) is 6.14. The Morgan fingerprint density at radius 1 is 0.409 bits per heavy atom. The Hall–Kier alpha value is -4.44. The van der Waals surface area contributed by atoms with Crippen LogP contribution in [0.15, 0.2) is 22.1 Å². The molecule has 0 saturated heterocycles. The number of aliphatic imine (C=N–C) groups is 2. The highest BCUT2D eigenvalue weighted by Crippen LogP contribution is 2.42. The van der Waals surface area contributed by atoms with Crippen LogP contribution in [0.1, 0.15) is 103 Å². The molecule has 3 aromatic carbocycles. The van der Waals surface area contributed by atoms with Crippen LogP contribution in [-0.2, 0) is 0 Å². The van der Waals surface area contributed by atoms with Crippen molar-refractivity contribution in [3.05, 3.63) is 102 Å². The van der Waals surface area contributed by atoms with Gasteiger partial charge in [0.2, 0.25) is 0 Å². The second kappa shape index (κ2) is 9.53. The van der Waals surface area contributed by atoms with E-state index in [4.69, 9.17) is 9.98 Å². The van der Waals surface area contributed by atoms with Crippen molar-refractivity contribution in [1.82, 2.24) is 9.97 Å². The van der Waals surface area contributed by atoms with Crippen LogP contribution in [0.4, 0.5) is 0 Å². The fourth-order valence-corrected chi connectivity index (χ4v) is 7.82. The number of hydrogen-bond acceptors (Lipinski definition) is 2. The van der Waals surface area contributed by atoms with E-state index in [0.717, 1.165) is 34.2 Å². The molecule has 2 aliphatic heterocycles. The van der Waals surface area contributed by atoms with Crippen molar-refractivity contribution >= 4 is 56.5 Å². The maximum absolute atomic E-state index is 5.11. The van der Waals surface area contributed by atoms with Crippen LogP contribution in [0.5, 0.6) is 0 Å². The predicted molar refractivity (Wildman–Crippen MR) is 191 cm³/mol. The van der Waals surface area contributed by atoms with Gasteiger partial charge in [0.05, 0.1) is 11.4 Å². The molecule has 4 heterocycles. The zero-order chi connectivity index (χ0) is 31.5. The first-order valence-corrected chi connectivity index (χ1v) is 15.7. The lowest BCUT2D eigenvalue weighted by molar-refractivity contribution is 1.24. The molecule has 0 aliphatic carbocycles. The second-order valence-electron chi connectivity index (χ2n) is 13.2. The molecule has 5 aromatic rings. The Morgan fingerprint density at radius 2 is 0.727 bits per heavy atom. The van der Waals surface area contributed by atoms with Gasteiger partial charge >= 0.3 is 0 Å². The topological polar surface area (TPSA) is 56.3 Å². The maximum atomic E-state index is 5.11. The highest BCUT2D eigenvalue weighted by Gasteiger charge is 2.27. The van der Waals surface area contributed by atoms with Crippen LogP contribution >= 0.6 is 0 Å². The fourth-order valence-electron chi connectivity index (χ4n) is 7.82. The average Bonchev–Trinajstić information content (AvgIpc) is 3.68. The first-order valence-electron chi connectivity index (χ1n) is 15.7. The second-order valence-corrected chi connectivity index (χ2v) is 13.2. The number of nitrogens with one attached hydrogen (secondary N) is 2. The standard InChI is InChI=1S/C40H42N4/c1-17-19(3)23(7)39-35(43-27(11)37(39)21(17)5)15-33-31-13-30-26(10)42-34(32(30)14-29(31)25(9)41-33)16-36-40-24(8)20(4)18(2)22(6)38(40)28(12)44-36/h13-16,43-44H,1-12H3/b33-15-,34-16-. The predicted octanol–water partition coefficient (Wildman–Crippen LogP) is 10.4. The van der Waals surface area contributed by atoms with Crippen LogP contribution in [0.25, 0.3) is 45.1 Å². The maximum Gasteiger partial charge on any atom is 0.0733 e. The van der Waals surface area contributed by atoms with Crippen molar-refractivity contribution in [3.8, 4) is 0 Å². The van der Waals surface area contributed by atoms with Crippen molar-refractivity contribution in [2.45, 2.75) is 83.1 Å². The highest BCUT2D eigenvalue weighted by atomic mass is 14.8. The van der Waals surface area contributed by atoms with E-state index in [1.165, 1.54) is 99.7 Å². The van der Waals surface area contributed by atoms with E-state index in [9.17, 15) is 0 Å². The Morgan fingerprint density at radius 3 is 1.07 bits per heavy atom. The third-order valence-electron chi connectivity index (χ3n) is 10.9. The van der Waals surface area contributed by atoms with E-state index in [1.54, 1.807) is 0 Å². The van der Waals surface area contributed by atoms with Crippen molar-refractivity contribution in [3.63, 3.8) is 0 Å². The van der Waals surface area contributed by atoms with Crippen molar-refractivity contribution in [2.75, 3.05) is 0 Å². The van der Waals surface area contributed by atoms with E-state index >= 15 is 0 Å². The normalized spacial score (nSPS) is 16.1. The Bertz CT molecular complexity index is 2110. The lowest BCUT2D eigenvalue weighted by Gasteiger charge is -2.12. The van der Waals surface area contributed by atoms with E-state index in [-0.39, 0.29) is 0 Å². The zero-order valence-electron chi connectivity index (χ0n) is 28.2. The minimum atomic E-state index is 1.01. The minimum Gasteiger partial charge on any atom is -0.358 e. The average molecular weight is 579 g/mol. The van der Waals surface area contributed by atoms with Gasteiger partial charge < -0.3 is 9.97 Å². The third kappa shape index (κ3) is 3.76.